The summed E-state index contributed by atoms with van der Waals surface area (Å²) in [6.07, 6.45) is -0.619. The number of benzene rings is 1. The van der Waals surface area contributed by atoms with Crippen molar-refractivity contribution in [3.63, 3.8) is 0 Å². The van der Waals surface area contributed by atoms with Gasteiger partial charge in [0.05, 0.1) is 24.1 Å². The van der Waals surface area contributed by atoms with Crippen LogP contribution in [-0.2, 0) is 9.47 Å². The van der Waals surface area contributed by atoms with E-state index in [-0.39, 0.29) is 28.9 Å². The number of nitrogens with one attached hydrogen (secondary N) is 1. The molecule has 0 saturated heterocycles. The van der Waals surface area contributed by atoms with Crippen molar-refractivity contribution in [3.8, 4) is 11.8 Å². The van der Waals surface area contributed by atoms with Crippen LogP contribution in [-0.4, -0.2) is 36.2 Å². The normalized spacial score (nSPS) is 10.3. The Hall–Kier alpha value is -3.08. The predicted molar refractivity (Wildman–Crippen MR) is 90.3 cm³/mol. The summed E-state index contributed by atoms with van der Waals surface area (Å²) in [6, 6.07) is 2.68. The van der Waals surface area contributed by atoms with Gasteiger partial charge in [-0.3, -0.25) is 10.1 Å². The van der Waals surface area contributed by atoms with Crippen LogP contribution in [0.15, 0.2) is 12.1 Å². The number of ether oxygens (including phenoxy) is 2. The van der Waals surface area contributed by atoms with E-state index in [4.69, 9.17) is 4.74 Å². The van der Waals surface area contributed by atoms with Crippen LogP contribution in [0.1, 0.15) is 42.3 Å². The second-order valence-electron chi connectivity index (χ2n) is 6.07. The van der Waals surface area contributed by atoms with Gasteiger partial charge < -0.3 is 14.8 Å². The number of methoxy groups -OCH3 is 1. The molecule has 1 aromatic carbocycles. The molecule has 8 nitrogen and oxygen atoms in total. The zero-order valence-electron chi connectivity index (χ0n) is 14.8. The summed E-state index contributed by atoms with van der Waals surface area (Å²) in [4.78, 5) is 33.8. The van der Waals surface area contributed by atoms with Gasteiger partial charge in [0.2, 0.25) is 0 Å². The molecule has 1 amide bonds. The second-order valence-corrected chi connectivity index (χ2v) is 6.07. The van der Waals surface area contributed by atoms with Crippen LogP contribution in [0.5, 0.6) is 0 Å². The number of hydrogen-bond donors (Lipinski definition) is 1. The first-order valence-corrected chi connectivity index (χ1v) is 7.38. The molecule has 134 valence electrons. The van der Waals surface area contributed by atoms with Gasteiger partial charge in [0.15, 0.2) is 0 Å². The van der Waals surface area contributed by atoms with Gasteiger partial charge in [0.1, 0.15) is 5.60 Å². The Morgan fingerprint density at radius 2 is 1.96 bits per heavy atom. The maximum absolute atomic E-state index is 11.7. The van der Waals surface area contributed by atoms with Crippen molar-refractivity contribution in [2.45, 2.75) is 33.3 Å². The summed E-state index contributed by atoms with van der Waals surface area (Å²) in [5.41, 5.74) is -0.309. The quantitative estimate of drug-likeness (QED) is 0.389. The van der Waals surface area contributed by atoms with Gasteiger partial charge >= 0.3 is 12.1 Å². The van der Waals surface area contributed by atoms with Crippen LogP contribution in [0.4, 0.5) is 10.5 Å². The third kappa shape index (κ3) is 6.14. The Balaban J connectivity index is 2.96. The number of carbonyl (C=O) groups excluding carboxylic acids is 2. The molecule has 0 unspecified atom stereocenters. The average Bonchev–Trinajstić information content (AvgIpc) is 2.49. The first kappa shape index (κ1) is 20.0. The van der Waals surface area contributed by atoms with Crippen molar-refractivity contribution in [1.82, 2.24) is 5.32 Å². The van der Waals surface area contributed by atoms with E-state index in [0.717, 1.165) is 0 Å². The first-order valence-electron chi connectivity index (χ1n) is 7.38. The van der Waals surface area contributed by atoms with Crippen molar-refractivity contribution in [2.24, 2.45) is 0 Å². The molecule has 0 heterocycles. The molecule has 0 saturated carbocycles. The van der Waals surface area contributed by atoms with Gasteiger partial charge in [0, 0.05) is 17.2 Å². The predicted octanol–water partition coefficient (Wildman–Crippen LogP) is 2.57. The fourth-order valence-electron chi connectivity index (χ4n) is 1.86. The topological polar surface area (TPSA) is 108 Å². The lowest BCUT2D eigenvalue weighted by Crippen LogP contribution is -2.32. The molecule has 0 aliphatic rings. The fourth-order valence-corrected chi connectivity index (χ4v) is 1.86. The van der Waals surface area contributed by atoms with Crippen LogP contribution in [0.25, 0.3) is 0 Å². The minimum absolute atomic E-state index is 0.00978. The molecule has 1 N–H and O–H groups in total. The number of nitro benzene ring substituents is 1. The molecule has 0 spiro atoms. The van der Waals surface area contributed by atoms with Crippen molar-refractivity contribution in [1.29, 1.82) is 0 Å². The minimum Gasteiger partial charge on any atom is -0.465 e. The number of alkyl carbamates (subject to hydrolysis) is 1. The lowest BCUT2D eigenvalue weighted by atomic mass is 10.0. The standard InChI is InChI=1S/C17H20N2O6/c1-11-13(15(20)24-5)9-12(10-14(11)19(22)23)7-6-8-18-16(21)25-17(2,3)4/h9-10H,8H2,1-5H3,(H,18,21). The van der Waals surface area contributed by atoms with Gasteiger partial charge in [-0.15, -0.1) is 0 Å². The summed E-state index contributed by atoms with van der Waals surface area (Å²) in [5.74, 6) is 4.64. The Kier molecular flexibility index (Phi) is 6.51. The number of carbonyl (C=O) groups is 2. The monoisotopic (exact) mass is 348 g/mol. The Morgan fingerprint density at radius 1 is 1.32 bits per heavy atom. The summed E-state index contributed by atoms with van der Waals surface area (Å²) in [6.45, 7) is 6.66. The van der Waals surface area contributed by atoms with E-state index in [2.05, 4.69) is 21.9 Å². The average molecular weight is 348 g/mol. The van der Waals surface area contributed by atoms with Crippen molar-refractivity contribution >= 4 is 17.7 Å². The van der Waals surface area contributed by atoms with E-state index < -0.39 is 22.6 Å². The van der Waals surface area contributed by atoms with E-state index in [1.165, 1.54) is 26.2 Å². The molecular weight excluding hydrogens is 328 g/mol. The van der Waals surface area contributed by atoms with Crippen LogP contribution >= 0.6 is 0 Å². The SMILES string of the molecule is COC(=O)c1cc(C#CCNC(=O)OC(C)(C)C)cc([N+](=O)[O-])c1C. The molecule has 0 atom stereocenters. The number of amides is 1. The van der Waals surface area contributed by atoms with Gasteiger partial charge in [-0.05, 0) is 33.8 Å². The highest BCUT2D eigenvalue weighted by molar-refractivity contribution is 5.92. The molecule has 8 heteroatoms. The molecule has 0 aliphatic heterocycles. The highest BCUT2D eigenvalue weighted by Gasteiger charge is 2.20. The summed E-state index contributed by atoms with van der Waals surface area (Å²) >= 11 is 0. The third-order valence-electron chi connectivity index (χ3n) is 2.94. The highest BCUT2D eigenvalue weighted by atomic mass is 16.6. The Morgan fingerprint density at radius 3 is 2.48 bits per heavy atom. The molecule has 0 radical (unpaired) electrons. The summed E-state index contributed by atoms with van der Waals surface area (Å²) in [7, 11) is 1.19. The minimum atomic E-state index is -0.684. The lowest BCUT2D eigenvalue weighted by Gasteiger charge is -2.19. The van der Waals surface area contributed by atoms with Gasteiger partial charge in [-0.1, -0.05) is 11.8 Å². The third-order valence-corrected chi connectivity index (χ3v) is 2.94. The largest absolute Gasteiger partial charge is 0.465 e. The Bertz CT molecular complexity index is 753. The lowest BCUT2D eigenvalue weighted by molar-refractivity contribution is -0.385. The number of hydrogen-bond acceptors (Lipinski definition) is 6. The van der Waals surface area contributed by atoms with Crippen molar-refractivity contribution < 1.29 is 24.0 Å². The summed E-state index contributed by atoms with van der Waals surface area (Å²) < 4.78 is 9.68. The van der Waals surface area contributed by atoms with E-state index in [1.54, 1.807) is 20.8 Å². The molecule has 0 fully saturated rings. The molecule has 0 aliphatic carbocycles. The van der Waals surface area contributed by atoms with Crippen LogP contribution < -0.4 is 5.32 Å². The molecule has 0 bridgehead atoms. The zero-order valence-corrected chi connectivity index (χ0v) is 14.8. The van der Waals surface area contributed by atoms with E-state index >= 15 is 0 Å². The van der Waals surface area contributed by atoms with E-state index in [0.29, 0.717) is 0 Å². The number of nitro groups is 1. The maximum Gasteiger partial charge on any atom is 0.408 e. The number of rotatable bonds is 3. The van der Waals surface area contributed by atoms with Crippen LogP contribution in [0.2, 0.25) is 0 Å². The van der Waals surface area contributed by atoms with Crippen molar-refractivity contribution in [2.75, 3.05) is 13.7 Å². The molecule has 1 rings (SSSR count). The summed E-state index contributed by atoms with van der Waals surface area (Å²) in [5, 5.41) is 13.6. The van der Waals surface area contributed by atoms with Gasteiger partial charge in [-0.2, -0.15) is 0 Å². The number of esters is 1. The van der Waals surface area contributed by atoms with Crippen LogP contribution in [0.3, 0.4) is 0 Å². The smallest absolute Gasteiger partial charge is 0.408 e. The van der Waals surface area contributed by atoms with E-state index in [9.17, 15) is 19.7 Å². The zero-order chi connectivity index (χ0) is 19.2. The van der Waals surface area contributed by atoms with Crippen LogP contribution in [0, 0.1) is 28.9 Å². The Labute approximate surface area is 145 Å². The van der Waals surface area contributed by atoms with Crippen molar-refractivity contribution in [3.05, 3.63) is 38.9 Å². The first-order chi connectivity index (χ1) is 11.5. The number of nitrogens with zero attached hydrogens (tertiary/aromatic N) is 1. The molecule has 25 heavy (non-hydrogen) atoms. The highest BCUT2D eigenvalue weighted by Crippen LogP contribution is 2.24. The second kappa shape index (κ2) is 8.15. The fraction of sp³-hybridized carbons (Fsp3) is 0.412. The van der Waals surface area contributed by atoms with Gasteiger partial charge in [-0.25, -0.2) is 9.59 Å². The molecular formula is C17H20N2O6. The van der Waals surface area contributed by atoms with E-state index in [1.807, 2.05) is 0 Å². The maximum atomic E-state index is 11.7. The molecule has 0 aromatic heterocycles. The van der Waals surface area contributed by atoms with Gasteiger partial charge in [0.25, 0.3) is 5.69 Å². The molecule has 1 aromatic rings.